The van der Waals surface area contributed by atoms with Crippen LogP contribution in [-0.4, -0.2) is 16.8 Å². The summed E-state index contributed by atoms with van der Waals surface area (Å²) < 4.78 is 20.8. The molecular formula is C31H19ClFN3O4. The van der Waals surface area contributed by atoms with Gasteiger partial charge in [0.05, 0.1) is 23.2 Å². The van der Waals surface area contributed by atoms with Crippen molar-refractivity contribution >= 4 is 45.9 Å². The lowest BCUT2D eigenvalue weighted by molar-refractivity contribution is -0.121. The van der Waals surface area contributed by atoms with Gasteiger partial charge < -0.3 is 9.32 Å². The van der Waals surface area contributed by atoms with Crippen molar-refractivity contribution in [3.05, 3.63) is 134 Å². The van der Waals surface area contributed by atoms with E-state index in [4.69, 9.17) is 16.0 Å². The molecule has 1 spiro atoms. The fourth-order valence-corrected chi connectivity index (χ4v) is 5.95. The highest BCUT2D eigenvalue weighted by Crippen LogP contribution is 2.54. The van der Waals surface area contributed by atoms with Crippen molar-refractivity contribution < 1.29 is 18.4 Å². The van der Waals surface area contributed by atoms with Crippen molar-refractivity contribution in [3.63, 3.8) is 0 Å². The molecule has 1 atom stereocenters. The van der Waals surface area contributed by atoms with Crippen LogP contribution in [0.1, 0.15) is 32.8 Å². The van der Waals surface area contributed by atoms with Crippen molar-refractivity contribution in [2.24, 2.45) is 0 Å². The maximum Gasteiger partial charge on any atom is 0.297 e. The number of fused-ring (bicyclic) bond motifs is 5. The molecule has 196 valence electrons. The maximum absolute atomic E-state index is 14.8. The first-order valence-corrected chi connectivity index (χ1v) is 12.9. The number of rotatable bonds is 3. The van der Waals surface area contributed by atoms with Gasteiger partial charge in [-0.15, -0.1) is 0 Å². The number of nitrogens with zero attached hydrogens (tertiary/aromatic N) is 3. The molecular weight excluding hydrogens is 533 g/mol. The van der Waals surface area contributed by atoms with Crippen molar-refractivity contribution in [2.45, 2.75) is 19.0 Å². The molecule has 7 rings (SSSR count). The van der Waals surface area contributed by atoms with Crippen molar-refractivity contribution in [3.8, 4) is 0 Å². The Morgan fingerprint density at radius 3 is 2.55 bits per heavy atom. The lowest BCUT2D eigenvalue weighted by atomic mass is 9.84. The first-order chi connectivity index (χ1) is 19.3. The van der Waals surface area contributed by atoms with E-state index in [1.54, 1.807) is 60.7 Å². The Morgan fingerprint density at radius 2 is 1.75 bits per heavy atom. The number of pyridine rings is 1. The van der Waals surface area contributed by atoms with E-state index in [1.165, 1.54) is 34.2 Å². The number of halogens is 2. The van der Waals surface area contributed by atoms with Crippen LogP contribution >= 0.6 is 11.6 Å². The minimum atomic E-state index is -1.94. The molecule has 0 saturated carbocycles. The molecule has 3 aromatic carbocycles. The average Bonchev–Trinajstić information content (AvgIpc) is 3.35. The summed E-state index contributed by atoms with van der Waals surface area (Å²) in [7, 11) is 0. The van der Waals surface area contributed by atoms with E-state index in [9.17, 15) is 18.8 Å². The van der Waals surface area contributed by atoms with Gasteiger partial charge in [-0.05, 0) is 55.0 Å². The highest BCUT2D eigenvalue weighted by molar-refractivity contribution is 6.31. The Morgan fingerprint density at radius 1 is 0.975 bits per heavy atom. The Labute approximate surface area is 232 Å². The Bertz CT molecular complexity index is 1970. The molecule has 2 aliphatic rings. The predicted molar refractivity (Wildman–Crippen MR) is 148 cm³/mol. The second-order valence-corrected chi connectivity index (χ2v) is 10.3. The number of hydrogen-bond acceptors (Lipinski definition) is 5. The van der Waals surface area contributed by atoms with Crippen LogP contribution in [0, 0.1) is 12.7 Å². The molecule has 1 unspecified atom stereocenters. The number of carbonyl (C=O) groups is 2. The number of aryl methyl sites for hydroxylation is 1. The second-order valence-electron chi connectivity index (χ2n) is 9.82. The zero-order valence-electron chi connectivity index (χ0n) is 21.0. The van der Waals surface area contributed by atoms with Crippen LogP contribution < -0.4 is 15.2 Å². The van der Waals surface area contributed by atoms with E-state index in [0.29, 0.717) is 16.3 Å². The average molecular weight is 552 g/mol. The third kappa shape index (κ3) is 3.17. The van der Waals surface area contributed by atoms with E-state index in [2.05, 4.69) is 4.98 Å². The number of benzene rings is 3. The summed E-state index contributed by atoms with van der Waals surface area (Å²) in [5.41, 5.74) is -0.543. The summed E-state index contributed by atoms with van der Waals surface area (Å²) in [5, 5.41) is 0.435. The fraction of sp³-hybridized carbons (Fsp3) is 0.0968. The van der Waals surface area contributed by atoms with Crippen molar-refractivity contribution in [1.82, 2.24) is 4.98 Å². The van der Waals surface area contributed by atoms with E-state index in [1.807, 2.05) is 6.92 Å². The molecule has 7 nitrogen and oxygen atoms in total. The molecule has 5 aromatic rings. The Balaban J connectivity index is 1.58. The second kappa shape index (κ2) is 8.59. The number of amides is 2. The predicted octanol–water partition coefficient (Wildman–Crippen LogP) is 5.74. The first kappa shape index (κ1) is 24.2. The summed E-state index contributed by atoms with van der Waals surface area (Å²) in [6.45, 7) is 1.72. The monoisotopic (exact) mass is 551 g/mol. The normalized spacial score (nSPS) is 17.7. The van der Waals surface area contributed by atoms with Gasteiger partial charge in [-0.3, -0.25) is 19.3 Å². The van der Waals surface area contributed by atoms with Crippen LogP contribution in [0.4, 0.5) is 15.9 Å². The Hall–Kier alpha value is -4.82. The SMILES string of the molecule is Cc1ccnc(N2C(=O)c3oc4ccc(Cl)cc4c(=O)c3C23C(=O)N(Cc2ccccc2F)c2ccccc23)c1. The number of carbonyl (C=O) groups excluding carboxylic acids is 2. The molecule has 0 radical (unpaired) electrons. The van der Waals surface area contributed by atoms with Gasteiger partial charge in [0.2, 0.25) is 5.76 Å². The number of aromatic nitrogens is 1. The molecule has 40 heavy (non-hydrogen) atoms. The summed E-state index contributed by atoms with van der Waals surface area (Å²) >= 11 is 6.22. The van der Waals surface area contributed by atoms with Gasteiger partial charge in [0.1, 0.15) is 17.2 Å². The lowest BCUT2D eigenvalue weighted by Gasteiger charge is -2.33. The molecule has 0 fully saturated rings. The minimum absolute atomic E-state index is 0.117. The van der Waals surface area contributed by atoms with E-state index < -0.39 is 28.6 Å². The molecule has 4 heterocycles. The van der Waals surface area contributed by atoms with Gasteiger partial charge in [-0.2, -0.15) is 0 Å². The van der Waals surface area contributed by atoms with Gasteiger partial charge in [-0.1, -0.05) is 48.0 Å². The molecule has 2 amide bonds. The molecule has 2 aromatic heterocycles. The first-order valence-electron chi connectivity index (χ1n) is 12.5. The third-order valence-electron chi connectivity index (χ3n) is 7.50. The molecule has 2 aliphatic heterocycles. The van der Waals surface area contributed by atoms with Gasteiger partial charge in [0.15, 0.2) is 11.0 Å². The quantitative estimate of drug-likeness (QED) is 0.285. The molecule has 0 aliphatic carbocycles. The van der Waals surface area contributed by atoms with E-state index in [0.717, 1.165) is 5.56 Å². The highest BCUT2D eigenvalue weighted by Gasteiger charge is 2.66. The molecule has 0 bridgehead atoms. The fourth-order valence-electron chi connectivity index (χ4n) is 5.78. The number of hydrogen-bond donors (Lipinski definition) is 0. The molecule has 0 saturated heterocycles. The van der Waals surface area contributed by atoms with Crippen LogP contribution in [0.15, 0.2) is 94.3 Å². The molecule has 0 N–H and O–H groups in total. The lowest BCUT2D eigenvalue weighted by Crippen LogP contribution is -2.54. The van der Waals surface area contributed by atoms with Crippen LogP contribution in [0.3, 0.4) is 0 Å². The smallest absolute Gasteiger partial charge is 0.297 e. The Kier molecular flexibility index (Phi) is 5.21. The number of anilines is 2. The van der Waals surface area contributed by atoms with Crippen LogP contribution in [0.5, 0.6) is 0 Å². The molecule has 9 heteroatoms. The highest BCUT2D eigenvalue weighted by atomic mass is 35.5. The standard InChI is InChI=1S/C31H19ClFN3O4/c1-17-12-13-34-25(14-17)36-29(38)28-26(27(37)20-15-19(32)10-11-24(20)40-28)31(36)21-7-3-5-9-23(21)35(30(31)39)16-18-6-2-4-8-22(18)33/h2-15H,16H2,1H3. The van der Waals surface area contributed by atoms with Crippen molar-refractivity contribution in [2.75, 3.05) is 9.80 Å². The van der Waals surface area contributed by atoms with E-state index >= 15 is 0 Å². The van der Waals surface area contributed by atoms with Gasteiger partial charge in [-0.25, -0.2) is 9.37 Å². The summed E-state index contributed by atoms with van der Waals surface area (Å²) in [6.07, 6.45) is 1.53. The third-order valence-corrected chi connectivity index (χ3v) is 7.74. The summed E-state index contributed by atoms with van der Waals surface area (Å²) in [6, 6.07) is 21.0. The van der Waals surface area contributed by atoms with Gasteiger partial charge in [0.25, 0.3) is 11.8 Å². The summed E-state index contributed by atoms with van der Waals surface area (Å²) in [4.78, 5) is 50.3. The van der Waals surface area contributed by atoms with Crippen LogP contribution in [0.25, 0.3) is 11.0 Å². The zero-order chi connectivity index (χ0) is 27.8. The summed E-state index contributed by atoms with van der Waals surface area (Å²) in [5.74, 6) is -1.83. The number of para-hydroxylation sites is 1. The van der Waals surface area contributed by atoms with Gasteiger partial charge in [0, 0.05) is 22.3 Å². The zero-order valence-corrected chi connectivity index (χ0v) is 21.8. The topological polar surface area (TPSA) is 83.7 Å². The van der Waals surface area contributed by atoms with Crippen LogP contribution in [0.2, 0.25) is 5.02 Å². The van der Waals surface area contributed by atoms with Crippen molar-refractivity contribution in [1.29, 1.82) is 0 Å². The largest absolute Gasteiger partial charge is 0.450 e. The van der Waals surface area contributed by atoms with Crippen LogP contribution in [-0.2, 0) is 16.9 Å². The maximum atomic E-state index is 14.8. The van der Waals surface area contributed by atoms with Gasteiger partial charge >= 0.3 is 0 Å². The minimum Gasteiger partial charge on any atom is -0.450 e. The van der Waals surface area contributed by atoms with E-state index in [-0.39, 0.29) is 40.2 Å².